The van der Waals surface area contributed by atoms with Gasteiger partial charge in [0.15, 0.2) is 0 Å². The van der Waals surface area contributed by atoms with Crippen LogP contribution in [0.1, 0.15) is 46.5 Å². The number of piperidine rings is 1. The predicted octanol–water partition coefficient (Wildman–Crippen LogP) is 3.87. The number of carbonyl (C=O) groups excluding carboxylic acids is 1. The molecule has 1 aromatic carbocycles. The van der Waals surface area contributed by atoms with E-state index in [4.69, 9.17) is 5.11 Å². The Kier molecular flexibility index (Phi) is 5.47. The fourth-order valence-electron chi connectivity index (χ4n) is 3.25. The number of hydrogen-bond donors (Lipinski definition) is 1. The molecule has 2 heterocycles. The van der Waals surface area contributed by atoms with Gasteiger partial charge in [-0.25, -0.2) is 0 Å². The third-order valence-corrected chi connectivity index (χ3v) is 5.51. The average molecular weight is 329 g/mol. The fraction of sp³-hybridized carbons (Fsp3) is 0.421. The maximum atomic E-state index is 12.8. The highest BCUT2D eigenvalue weighted by Gasteiger charge is 2.27. The maximum Gasteiger partial charge on any atom is 0.254 e. The van der Waals surface area contributed by atoms with Crippen molar-refractivity contribution >= 4 is 17.2 Å². The van der Waals surface area contributed by atoms with Crippen molar-refractivity contribution in [3.05, 3.63) is 57.8 Å². The number of thiophene rings is 1. The van der Waals surface area contributed by atoms with Crippen molar-refractivity contribution in [3.8, 4) is 0 Å². The number of likely N-dealkylation sites (tertiary alicyclic amines) is 1. The molecule has 0 radical (unpaired) electrons. The summed E-state index contributed by atoms with van der Waals surface area (Å²) in [6.07, 6.45) is 5.50. The molecule has 3 rings (SSSR count). The summed E-state index contributed by atoms with van der Waals surface area (Å²) < 4.78 is 0. The maximum absolute atomic E-state index is 12.8. The van der Waals surface area contributed by atoms with Gasteiger partial charge in [-0.05, 0) is 61.2 Å². The highest BCUT2D eigenvalue weighted by atomic mass is 32.1. The molecule has 1 aromatic heterocycles. The van der Waals surface area contributed by atoms with Crippen LogP contribution >= 0.6 is 11.3 Å². The Hall–Kier alpha value is -1.65. The largest absolute Gasteiger partial charge is 0.392 e. The summed E-state index contributed by atoms with van der Waals surface area (Å²) in [5.74, 6) is 0.130. The first-order valence-corrected chi connectivity index (χ1v) is 9.19. The lowest BCUT2D eigenvalue weighted by Gasteiger charge is -2.36. The third kappa shape index (κ3) is 4.01. The fourth-order valence-corrected chi connectivity index (χ4v) is 3.98. The molecule has 4 heteroatoms. The van der Waals surface area contributed by atoms with E-state index in [2.05, 4.69) is 22.4 Å². The van der Waals surface area contributed by atoms with Crippen molar-refractivity contribution in [3.63, 3.8) is 0 Å². The quantitative estimate of drug-likeness (QED) is 0.904. The lowest BCUT2D eigenvalue weighted by Crippen LogP contribution is -2.44. The molecule has 1 saturated heterocycles. The number of aliphatic hydroxyl groups excluding tert-OH is 1. The number of rotatable bonds is 5. The highest BCUT2D eigenvalue weighted by molar-refractivity contribution is 7.09. The van der Waals surface area contributed by atoms with Crippen LogP contribution in [0.15, 0.2) is 41.8 Å². The third-order valence-electron chi connectivity index (χ3n) is 4.58. The highest BCUT2D eigenvalue weighted by Crippen LogP contribution is 2.24. The molecule has 1 amide bonds. The first-order chi connectivity index (χ1) is 11.3. The van der Waals surface area contributed by atoms with E-state index in [0.29, 0.717) is 6.04 Å². The molecule has 23 heavy (non-hydrogen) atoms. The van der Waals surface area contributed by atoms with E-state index in [1.165, 1.54) is 11.3 Å². The molecule has 0 aliphatic carbocycles. The summed E-state index contributed by atoms with van der Waals surface area (Å²) in [5, 5.41) is 11.2. The molecule has 0 unspecified atom stereocenters. The second kappa shape index (κ2) is 7.75. The minimum Gasteiger partial charge on any atom is -0.392 e. The van der Waals surface area contributed by atoms with Gasteiger partial charge in [-0.15, -0.1) is 11.3 Å². The summed E-state index contributed by atoms with van der Waals surface area (Å²) in [5.41, 5.74) is 1.57. The molecule has 3 nitrogen and oxygen atoms in total. The van der Waals surface area contributed by atoms with Crippen LogP contribution in [0, 0.1) is 0 Å². The average Bonchev–Trinajstić information content (AvgIpc) is 3.13. The Morgan fingerprint density at radius 2 is 2.04 bits per heavy atom. The molecular formula is C19H23NO2S. The normalized spacial score (nSPS) is 18.1. The Labute approximate surface area is 141 Å². The SMILES string of the molecule is O=C(c1ccc(CO)cc1)N1CCCC[C@@H]1CCc1cccs1. The van der Waals surface area contributed by atoms with Crippen LogP contribution in [-0.4, -0.2) is 28.5 Å². The summed E-state index contributed by atoms with van der Waals surface area (Å²) in [6, 6.07) is 11.9. The van der Waals surface area contributed by atoms with Crippen molar-refractivity contribution in [2.75, 3.05) is 6.54 Å². The summed E-state index contributed by atoms with van der Waals surface area (Å²) in [4.78, 5) is 16.3. The number of aliphatic hydroxyl groups is 1. The van der Waals surface area contributed by atoms with E-state index >= 15 is 0 Å². The van der Waals surface area contributed by atoms with Crippen LogP contribution < -0.4 is 0 Å². The molecule has 0 saturated carbocycles. The Morgan fingerprint density at radius 3 is 2.74 bits per heavy atom. The van der Waals surface area contributed by atoms with Gasteiger partial charge in [0, 0.05) is 23.0 Å². The van der Waals surface area contributed by atoms with Crippen molar-refractivity contribution in [2.45, 2.75) is 44.8 Å². The number of hydrogen-bond acceptors (Lipinski definition) is 3. The number of aryl methyl sites for hydroxylation is 1. The van der Waals surface area contributed by atoms with Crippen LogP contribution in [0.3, 0.4) is 0 Å². The van der Waals surface area contributed by atoms with E-state index in [1.807, 2.05) is 24.3 Å². The van der Waals surface area contributed by atoms with E-state index in [1.54, 1.807) is 11.3 Å². The number of benzene rings is 1. The van der Waals surface area contributed by atoms with Gasteiger partial charge in [-0.1, -0.05) is 18.2 Å². The van der Waals surface area contributed by atoms with E-state index in [-0.39, 0.29) is 12.5 Å². The van der Waals surface area contributed by atoms with Crippen LogP contribution in [0.2, 0.25) is 0 Å². The van der Waals surface area contributed by atoms with Gasteiger partial charge in [0.25, 0.3) is 5.91 Å². The van der Waals surface area contributed by atoms with Gasteiger partial charge in [-0.3, -0.25) is 4.79 Å². The minimum absolute atomic E-state index is 0.0155. The zero-order valence-corrected chi connectivity index (χ0v) is 14.1. The smallest absolute Gasteiger partial charge is 0.254 e. The van der Waals surface area contributed by atoms with Crippen molar-refractivity contribution in [2.24, 2.45) is 0 Å². The van der Waals surface area contributed by atoms with E-state index < -0.39 is 0 Å². The molecule has 122 valence electrons. The lowest BCUT2D eigenvalue weighted by molar-refractivity contribution is 0.0602. The van der Waals surface area contributed by atoms with Gasteiger partial charge < -0.3 is 10.0 Å². The predicted molar refractivity (Wildman–Crippen MR) is 93.7 cm³/mol. The van der Waals surface area contributed by atoms with Crippen molar-refractivity contribution in [1.82, 2.24) is 4.90 Å². The monoisotopic (exact) mass is 329 g/mol. The minimum atomic E-state index is 0.0155. The van der Waals surface area contributed by atoms with E-state index in [9.17, 15) is 4.79 Å². The molecule has 1 aliphatic heterocycles. The Balaban J connectivity index is 1.67. The topological polar surface area (TPSA) is 40.5 Å². The van der Waals surface area contributed by atoms with Crippen LogP contribution in [0.4, 0.5) is 0 Å². The van der Waals surface area contributed by atoms with Gasteiger partial charge >= 0.3 is 0 Å². The molecule has 0 spiro atoms. The standard InChI is InChI=1S/C19H23NO2S/c21-14-15-6-8-16(9-7-15)19(22)20-12-2-1-4-17(20)10-11-18-5-3-13-23-18/h3,5-9,13,17,21H,1-2,4,10-12,14H2/t17-/m1/s1. The summed E-state index contributed by atoms with van der Waals surface area (Å²) in [6.45, 7) is 0.872. The number of carbonyl (C=O) groups is 1. The van der Waals surface area contributed by atoms with Crippen LogP contribution in [0.5, 0.6) is 0 Å². The Morgan fingerprint density at radius 1 is 1.22 bits per heavy atom. The second-order valence-electron chi connectivity index (χ2n) is 6.12. The first-order valence-electron chi connectivity index (χ1n) is 8.31. The van der Waals surface area contributed by atoms with Gasteiger partial charge in [-0.2, -0.15) is 0 Å². The summed E-state index contributed by atoms with van der Waals surface area (Å²) in [7, 11) is 0. The molecular weight excluding hydrogens is 306 g/mol. The molecule has 2 aromatic rings. The molecule has 1 fully saturated rings. The number of nitrogens with zero attached hydrogens (tertiary/aromatic N) is 1. The van der Waals surface area contributed by atoms with Gasteiger partial charge in [0.1, 0.15) is 0 Å². The summed E-state index contributed by atoms with van der Waals surface area (Å²) >= 11 is 1.79. The molecule has 0 bridgehead atoms. The molecule has 1 atom stereocenters. The van der Waals surface area contributed by atoms with Crippen LogP contribution in [-0.2, 0) is 13.0 Å². The van der Waals surface area contributed by atoms with Crippen molar-refractivity contribution in [1.29, 1.82) is 0 Å². The van der Waals surface area contributed by atoms with Gasteiger partial charge in [0.05, 0.1) is 6.61 Å². The zero-order chi connectivity index (χ0) is 16.1. The van der Waals surface area contributed by atoms with E-state index in [0.717, 1.165) is 43.4 Å². The molecule has 1 aliphatic rings. The number of amides is 1. The lowest BCUT2D eigenvalue weighted by atomic mass is 9.96. The van der Waals surface area contributed by atoms with Crippen molar-refractivity contribution < 1.29 is 9.90 Å². The van der Waals surface area contributed by atoms with Crippen LogP contribution in [0.25, 0.3) is 0 Å². The second-order valence-corrected chi connectivity index (χ2v) is 7.15. The molecule has 1 N–H and O–H groups in total. The zero-order valence-electron chi connectivity index (χ0n) is 13.3. The first kappa shape index (κ1) is 16.2. The van der Waals surface area contributed by atoms with Gasteiger partial charge in [0.2, 0.25) is 0 Å². The Bertz CT molecular complexity index is 621.